The third-order valence-corrected chi connectivity index (χ3v) is 0.576. The highest BCUT2D eigenvalue weighted by Gasteiger charge is 1.79. The highest BCUT2D eigenvalue weighted by Crippen LogP contribution is 1.75. The summed E-state index contributed by atoms with van der Waals surface area (Å²) in [5, 5.41) is 0. The Balaban J connectivity index is 2.63. The second kappa shape index (κ2) is 3.22. The fourth-order valence-corrected chi connectivity index (χ4v) is 0.353. The summed E-state index contributed by atoms with van der Waals surface area (Å²) in [6, 6.07) is 0. The van der Waals surface area contributed by atoms with Crippen molar-refractivity contribution in [2.24, 2.45) is 0 Å². The van der Waals surface area contributed by atoms with Gasteiger partial charge in [-0.25, -0.2) is 0 Å². The van der Waals surface area contributed by atoms with Crippen molar-refractivity contribution < 1.29 is 0 Å². The zero-order valence-corrected chi connectivity index (χ0v) is 4.44. The molecule has 0 aromatic heterocycles. The Labute approximate surface area is 40.8 Å². The van der Waals surface area contributed by atoms with Crippen LogP contribution in [0.25, 0.3) is 0 Å². The normalized spacial score (nSPS) is 9.83. The lowest BCUT2D eigenvalue weighted by molar-refractivity contribution is 0.541. The van der Waals surface area contributed by atoms with Crippen LogP contribution in [-0.4, -0.2) is 26.4 Å². The first kappa shape index (κ1) is 6.02. The van der Waals surface area contributed by atoms with Crippen LogP contribution >= 0.6 is 0 Å². The molecular weight excluding hydrogens is 72.9 g/mol. The largest absolute Gasteiger partial charge is 0.356 e. The molecule has 2 radical (unpaired) electrons. The van der Waals surface area contributed by atoms with E-state index in [9.17, 15) is 0 Å². The third-order valence-electron chi connectivity index (χ3n) is 0.576. The van der Waals surface area contributed by atoms with Crippen molar-refractivity contribution in [3.05, 3.63) is 0 Å². The third kappa shape index (κ3) is 4.02. The predicted molar refractivity (Wildman–Crippen MR) is 28.7 cm³/mol. The van der Waals surface area contributed by atoms with Crippen molar-refractivity contribution in [2.45, 2.75) is 13.3 Å². The van der Waals surface area contributed by atoms with E-state index in [4.69, 9.17) is 7.98 Å². The molecule has 0 aromatic carbocycles. The molecule has 0 unspecified atom stereocenters. The molecule has 0 N–H and O–H groups in total. The smallest absolute Gasteiger partial charge is 0.182 e. The first-order valence-corrected chi connectivity index (χ1v) is 2.23. The molecule has 0 fully saturated rings. The average molecular weight is 82.9 g/mol. The number of hydrogen-bond donors (Lipinski definition) is 0. The minimum Gasteiger partial charge on any atom is -0.356 e. The van der Waals surface area contributed by atoms with Gasteiger partial charge in [0.2, 0.25) is 0 Å². The maximum Gasteiger partial charge on any atom is 0.182 e. The summed E-state index contributed by atoms with van der Waals surface area (Å²) >= 11 is 0. The molecule has 34 valence electrons. The molecule has 0 atom stereocenters. The van der Waals surface area contributed by atoms with Gasteiger partial charge in [0.15, 0.2) is 7.98 Å². The topological polar surface area (TPSA) is 3.24 Å². The lowest BCUT2D eigenvalue weighted by atomic mass is 10.3. The Morgan fingerprint density at radius 1 is 1.67 bits per heavy atom. The Bertz CT molecular complexity index is 28.7. The molecule has 6 heavy (non-hydrogen) atoms. The summed E-state index contributed by atoms with van der Waals surface area (Å²) in [4.78, 5) is 1.68. The van der Waals surface area contributed by atoms with Crippen LogP contribution in [0.5, 0.6) is 0 Å². The van der Waals surface area contributed by atoms with E-state index in [2.05, 4.69) is 6.92 Å². The lowest BCUT2D eigenvalue weighted by Crippen LogP contribution is -2.13. The molecule has 0 aliphatic rings. The minimum absolute atomic E-state index is 0.986. The van der Waals surface area contributed by atoms with Crippen molar-refractivity contribution in [2.75, 3.05) is 13.6 Å². The number of rotatable bonds is 2. The molecule has 0 aromatic rings. The van der Waals surface area contributed by atoms with Crippen molar-refractivity contribution in [1.29, 1.82) is 0 Å². The number of hydrogen-bond acceptors (Lipinski definition) is 1. The number of nitrogens with zero attached hydrogens (tertiary/aromatic N) is 1. The van der Waals surface area contributed by atoms with Gasteiger partial charge in [0.25, 0.3) is 0 Å². The van der Waals surface area contributed by atoms with Crippen LogP contribution in [0.15, 0.2) is 0 Å². The monoisotopic (exact) mass is 83.1 g/mol. The van der Waals surface area contributed by atoms with Gasteiger partial charge in [-0.2, -0.15) is 0 Å². The first-order valence-electron chi connectivity index (χ1n) is 2.23. The average Bonchev–Trinajstić information content (AvgIpc) is 1.35. The molecule has 1 nitrogen and oxygen atoms in total. The van der Waals surface area contributed by atoms with Crippen molar-refractivity contribution in [3.63, 3.8) is 0 Å². The summed E-state index contributed by atoms with van der Waals surface area (Å²) in [6.07, 6.45) is 1.13. The van der Waals surface area contributed by atoms with Crippen LogP contribution in [0, 0.1) is 0 Å². The van der Waals surface area contributed by atoms with E-state index in [0.717, 1.165) is 13.0 Å². The molecule has 0 saturated carbocycles. The molecule has 2 heteroatoms. The van der Waals surface area contributed by atoms with Crippen LogP contribution in [0.1, 0.15) is 13.3 Å². The van der Waals surface area contributed by atoms with Gasteiger partial charge in [0, 0.05) is 0 Å². The standard InChI is InChI=1S/C4H10BN/c1-3-4-6(2)5/h3-4H2,1-2H3. The Morgan fingerprint density at radius 2 is 2.17 bits per heavy atom. The summed E-state index contributed by atoms with van der Waals surface area (Å²) in [5.74, 6) is 0. The van der Waals surface area contributed by atoms with E-state index in [1.165, 1.54) is 0 Å². The zero-order valence-electron chi connectivity index (χ0n) is 4.44. The summed E-state index contributed by atoms with van der Waals surface area (Å²) in [7, 11) is 7.10. The molecule has 0 amide bonds. The molecular formula is C4H10BN. The van der Waals surface area contributed by atoms with Gasteiger partial charge in [0.05, 0.1) is 0 Å². The van der Waals surface area contributed by atoms with Gasteiger partial charge in [-0.3, -0.25) is 0 Å². The Kier molecular flexibility index (Phi) is 3.24. The van der Waals surface area contributed by atoms with Gasteiger partial charge in [-0.15, -0.1) is 0 Å². The Morgan fingerprint density at radius 3 is 2.17 bits per heavy atom. The Hall–Kier alpha value is 0.0249. The second-order valence-corrected chi connectivity index (χ2v) is 1.48. The van der Waals surface area contributed by atoms with Crippen LogP contribution in [0.3, 0.4) is 0 Å². The van der Waals surface area contributed by atoms with Gasteiger partial charge < -0.3 is 4.81 Å². The van der Waals surface area contributed by atoms with E-state index in [0.29, 0.717) is 0 Å². The van der Waals surface area contributed by atoms with Crippen molar-refractivity contribution in [3.8, 4) is 0 Å². The molecule has 0 spiro atoms. The lowest BCUT2D eigenvalue weighted by Gasteiger charge is -2.04. The SMILES string of the molecule is [B]N(C)CCC. The second-order valence-electron chi connectivity index (χ2n) is 1.48. The van der Waals surface area contributed by atoms with Crippen LogP contribution in [0.2, 0.25) is 0 Å². The van der Waals surface area contributed by atoms with Gasteiger partial charge in [-0.05, 0) is 20.0 Å². The molecule has 0 heterocycles. The fraction of sp³-hybridized carbons (Fsp3) is 1.00. The van der Waals surface area contributed by atoms with Crippen LogP contribution in [0.4, 0.5) is 0 Å². The van der Waals surface area contributed by atoms with Gasteiger partial charge in [-0.1, -0.05) is 6.92 Å². The highest BCUT2D eigenvalue weighted by molar-refractivity contribution is 6.04. The van der Waals surface area contributed by atoms with Crippen LogP contribution in [-0.2, 0) is 0 Å². The molecule has 0 aliphatic carbocycles. The first-order chi connectivity index (χ1) is 2.77. The van der Waals surface area contributed by atoms with E-state index < -0.39 is 0 Å². The maximum atomic E-state index is 5.24. The predicted octanol–water partition coefficient (Wildman–Crippen LogP) is 0.412. The summed E-state index contributed by atoms with van der Waals surface area (Å²) in [6.45, 7) is 3.09. The summed E-state index contributed by atoms with van der Waals surface area (Å²) in [5.41, 5.74) is 0. The molecule has 0 aliphatic heterocycles. The highest BCUT2D eigenvalue weighted by atomic mass is 15.0. The quantitative estimate of drug-likeness (QED) is 0.437. The van der Waals surface area contributed by atoms with Gasteiger partial charge >= 0.3 is 0 Å². The fourth-order valence-electron chi connectivity index (χ4n) is 0.353. The van der Waals surface area contributed by atoms with Crippen molar-refractivity contribution >= 4 is 7.98 Å². The zero-order chi connectivity index (χ0) is 4.99. The molecule has 0 bridgehead atoms. The summed E-state index contributed by atoms with van der Waals surface area (Å²) < 4.78 is 0. The van der Waals surface area contributed by atoms with Crippen LogP contribution < -0.4 is 0 Å². The minimum atomic E-state index is 0.986. The molecule has 0 saturated heterocycles. The van der Waals surface area contributed by atoms with Gasteiger partial charge in [0.1, 0.15) is 0 Å². The van der Waals surface area contributed by atoms with Crippen molar-refractivity contribution in [1.82, 2.24) is 4.81 Å². The van der Waals surface area contributed by atoms with E-state index in [1.807, 2.05) is 7.05 Å². The van der Waals surface area contributed by atoms with E-state index in [1.54, 1.807) is 4.81 Å². The van der Waals surface area contributed by atoms with E-state index in [-0.39, 0.29) is 0 Å². The van der Waals surface area contributed by atoms with E-state index >= 15 is 0 Å². The maximum absolute atomic E-state index is 5.24. The molecule has 0 rings (SSSR count).